The summed E-state index contributed by atoms with van der Waals surface area (Å²) in [5.74, 6) is -0.537. The van der Waals surface area contributed by atoms with Crippen LogP contribution in [0.5, 0.6) is 0 Å². The van der Waals surface area contributed by atoms with Crippen LogP contribution in [0.2, 0.25) is 0 Å². The van der Waals surface area contributed by atoms with Gasteiger partial charge in [-0.2, -0.15) is 0 Å². The summed E-state index contributed by atoms with van der Waals surface area (Å²) in [5, 5.41) is 19.0. The monoisotopic (exact) mass is 282 g/mol. The molecule has 4 atom stereocenters. The number of esters is 1. The van der Waals surface area contributed by atoms with Crippen LogP contribution in [0.15, 0.2) is 30.3 Å². The summed E-state index contributed by atoms with van der Waals surface area (Å²) >= 11 is 0. The van der Waals surface area contributed by atoms with Crippen LogP contribution in [-0.4, -0.2) is 47.4 Å². The van der Waals surface area contributed by atoms with Gasteiger partial charge < -0.3 is 24.4 Å². The van der Waals surface area contributed by atoms with E-state index in [0.717, 1.165) is 5.56 Å². The first-order valence-corrected chi connectivity index (χ1v) is 6.39. The topological polar surface area (TPSA) is 85.2 Å². The predicted molar refractivity (Wildman–Crippen MR) is 68.5 cm³/mol. The van der Waals surface area contributed by atoms with Crippen molar-refractivity contribution < 1.29 is 29.2 Å². The van der Waals surface area contributed by atoms with Crippen LogP contribution in [0.25, 0.3) is 0 Å². The standard InChI is InChI=1S/C14H18O6/c1-9(16)19-13-12(11(7-15)20-14(13)17)18-8-10-5-3-2-4-6-10/h2-6,11-15,17H,7-8H2,1H3/t11-,12-,13-,14+/m1/s1. The zero-order valence-corrected chi connectivity index (χ0v) is 11.1. The van der Waals surface area contributed by atoms with Gasteiger partial charge >= 0.3 is 5.97 Å². The van der Waals surface area contributed by atoms with Gasteiger partial charge in [0.25, 0.3) is 0 Å². The third-order valence-electron chi connectivity index (χ3n) is 3.05. The molecule has 1 fully saturated rings. The molecule has 1 aromatic carbocycles. The van der Waals surface area contributed by atoms with Crippen molar-refractivity contribution in [3.63, 3.8) is 0 Å². The fraction of sp³-hybridized carbons (Fsp3) is 0.500. The van der Waals surface area contributed by atoms with E-state index in [-0.39, 0.29) is 13.2 Å². The molecular formula is C14H18O6. The minimum atomic E-state index is -1.29. The van der Waals surface area contributed by atoms with E-state index < -0.39 is 30.6 Å². The highest BCUT2D eigenvalue weighted by Crippen LogP contribution is 2.26. The Kier molecular flexibility index (Phi) is 5.08. The van der Waals surface area contributed by atoms with Gasteiger partial charge in [0, 0.05) is 6.92 Å². The Balaban J connectivity index is 2.02. The molecule has 0 unspecified atom stereocenters. The van der Waals surface area contributed by atoms with Crippen LogP contribution in [0.3, 0.4) is 0 Å². The molecule has 0 aliphatic carbocycles. The van der Waals surface area contributed by atoms with Crippen molar-refractivity contribution in [2.24, 2.45) is 0 Å². The van der Waals surface area contributed by atoms with Crippen LogP contribution in [-0.2, 0) is 25.6 Å². The summed E-state index contributed by atoms with van der Waals surface area (Å²) in [7, 11) is 0. The van der Waals surface area contributed by atoms with E-state index >= 15 is 0 Å². The van der Waals surface area contributed by atoms with E-state index in [9.17, 15) is 15.0 Å². The Morgan fingerprint density at radius 3 is 2.60 bits per heavy atom. The quantitative estimate of drug-likeness (QED) is 0.751. The Bertz CT molecular complexity index is 435. The minimum Gasteiger partial charge on any atom is -0.454 e. The summed E-state index contributed by atoms with van der Waals surface area (Å²) < 4.78 is 15.8. The lowest BCUT2D eigenvalue weighted by atomic mass is 10.1. The zero-order valence-electron chi connectivity index (χ0n) is 11.1. The lowest BCUT2D eigenvalue weighted by Crippen LogP contribution is -2.39. The highest BCUT2D eigenvalue weighted by molar-refractivity contribution is 5.66. The second-order valence-electron chi connectivity index (χ2n) is 4.58. The first-order valence-electron chi connectivity index (χ1n) is 6.39. The van der Waals surface area contributed by atoms with E-state index in [1.54, 1.807) is 0 Å². The second kappa shape index (κ2) is 6.81. The maximum Gasteiger partial charge on any atom is 0.303 e. The highest BCUT2D eigenvalue weighted by atomic mass is 16.7. The van der Waals surface area contributed by atoms with Gasteiger partial charge in [-0.25, -0.2) is 0 Å². The summed E-state index contributed by atoms with van der Waals surface area (Å²) in [4.78, 5) is 11.1. The molecule has 1 saturated heterocycles. The van der Waals surface area contributed by atoms with E-state index in [2.05, 4.69) is 0 Å². The lowest BCUT2D eigenvalue weighted by molar-refractivity contribution is -0.172. The molecule has 6 heteroatoms. The Morgan fingerprint density at radius 1 is 1.30 bits per heavy atom. The van der Waals surface area contributed by atoms with E-state index in [1.807, 2.05) is 30.3 Å². The molecule has 0 bridgehead atoms. The van der Waals surface area contributed by atoms with Gasteiger partial charge in [-0.1, -0.05) is 30.3 Å². The van der Waals surface area contributed by atoms with Gasteiger partial charge in [0.15, 0.2) is 12.4 Å². The SMILES string of the molecule is CC(=O)O[C@@H]1[C@H](OCc2ccccc2)[C@@H](CO)O[C@@H]1O. The van der Waals surface area contributed by atoms with Crippen molar-refractivity contribution in [2.45, 2.75) is 38.1 Å². The van der Waals surface area contributed by atoms with Crippen LogP contribution >= 0.6 is 0 Å². The Labute approximate surface area is 116 Å². The molecule has 1 aromatic rings. The third kappa shape index (κ3) is 3.55. The number of hydrogen-bond acceptors (Lipinski definition) is 6. The second-order valence-corrected chi connectivity index (χ2v) is 4.58. The predicted octanol–water partition coefficient (Wildman–Crippen LogP) is 0.213. The molecule has 1 aliphatic rings. The molecule has 20 heavy (non-hydrogen) atoms. The third-order valence-corrected chi connectivity index (χ3v) is 3.05. The van der Waals surface area contributed by atoms with E-state index in [4.69, 9.17) is 14.2 Å². The molecule has 1 aliphatic heterocycles. The zero-order chi connectivity index (χ0) is 14.5. The van der Waals surface area contributed by atoms with Crippen molar-refractivity contribution in [1.29, 1.82) is 0 Å². The largest absolute Gasteiger partial charge is 0.454 e. The molecule has 0 spiro atoms. The number of carbonyl (C=O) groups is 1. The van der Waals surface area contributed by atoms with Gasteiger partial charge in [0.1, 0.15) is 12.2 Å². The molecule has 0 radical (unpaired) electrons. The molecule has 0 saturated carbocycles. The van der Waals surface area contributed by atoms with Crippen LogP contribution < -0.4 is 0 Å². The normalized spacial score (nSPS) is 29.4. The van der Waals surface area contributed by atoms with Gasteiger partial charge in [0.2, 0.25) is 0 Å². The number of rotatable bonds is 5. The van der Waals surface area contributed by atoms with Crippen molar-refractivity contribution in [3.8, 4) is 0 Å². The number of aliphatic hydroxyl groups excluding tert-OH is 2. The van der Waals surface area contributed by atoms with E-state index in [0.29, 0.717) is 0 Å². The average molecular weight is 282 g/mol. The van der Waals surface area contributed by atoms with Crippen molar-refractivity contribution in [1.82, 2.24) is 0 Å². The molecule has 6 nitrogen and oxygen atoms in total. The molecule has 0 aromatic heterocycles. The maximum absolute atomic E-state index is 11.1. The lowest BCUT2D eigenvalue weighted by Gasteiger charge is -2.22. The van der Waals surface area contributed by atoms with Crippen LogP contribution in [0.4, 0.5) is 0 Å². The van der Waals surface area contributed by atoms with Gasteiger partial charge in [-0.15, -0.1) is 0 Å². The molecule has 2 rings (SSSR count). The Morgan fingerprint density at radius 2 is 2.00 bits per heavy atom. The van der Waals surface area contributed by atoms with Gasteiger partial charge in [-0.3, -0.25) is 4.79 Å². The van der Waals surface area contributed by atoms with E-state index in [1.165, 1.54) is 6.92 Å². The maximum atomic E-state index is 11.1. The van der Waals surface area contributed by atoms with Crippen molar-refractivity contribution in [2.75, 3.05) is 6.61 Å². The highest BCUT2D eigenvalue weighted by Gasteiger charge is 2.46. The fourth-order valence-corrected chi connectivity index (χ4v) is 2.14. The summed E-state index contributed by atoms with van der Waals surface area (Å²) in [5.41, 5.74) is 0.937. The summed E-state index contributed by atoms with van der Waals surface area (Å²) in [6.07, 6.45) is -3.66. The first-order chi connectivity index (χ1) is 9.61. The minimum absolute atomic E-state index is 0.274. The van der Waals surface area contributed by atoms with Gasteiger partial charge in [0.05, 0.1) is 13.2 Å². The van der Waals surface area contributed by atoms with Crippen LogP contribution in [0, 0.1) is 0 Å². The Hall–Kier alpha value is -1.47. The van der Waals surface area contributed by atoms with Crippen molar-refractivity contribution >= 4 is 5.97 Å². The molecule has 2 N–H and O–H groups in total. The van der Waals surface area contributed by atoms with Gasteiger partial charge in [-0.05, 0) is 5.56 Å². The molecular weight excluding hydrogens is 264 g/mol. The number of aliphatic hydroxyl groups is 2. The molecule has 110 valence electrons. The summed E-state index contributed by atoms with van der Waals surface area (Å²) in [6.45, 7) is 1.19. The average Bonchev–Trinajstić information content (AvgIpc) is 2.73. The fourth-order valence-electron chi connectivity index (χ4n) is 2.14. The number of benzene rings is 1. The van der Waals surface area contributed by atoms with Crippen molar-refractivity contribution in [3.05, 3.63) is 35.9 Å². The number of ether oxygens (including phenoxy) is 3. The number of hydrogen-bond donors (Lipinski definition) is 2. The smallest absolute Gasteiger partial charge is 0.303 e. The molecule has 1 heterocycles. The summed E-state index contributed by atoms with van der Waals surface area (Å²) in [6, 6.07) is 9.43. The number of carbonyl (C=O) groups excluding carboxylic acids is 1. The molecule has 0 amide bonds. The van der Waals surface area contributed by atoms with Crippen LogP contribution in [0.1, 0.15) is 12.5 Å². The first kappa shape index (κ1) is 14.9.